The van der Waals surface area contributed by atoms with E-state index in [2.05, 4.69) is 5.32 Å². The highest BCUT2D eigenvalue weighted by atomic mass is 19.1. The van der Waals surface area contributed by atoms with Crippen LogP contribution in [0.4, 0.5) is 4.39 Å². The zero-order chi connectivity index (χ0) is 18.4. The van der Waals surface area contributed by atoms with Crippen molar-refractivity contribution >= 4 is 11.8 Å². The largest absolute Gasteiger partial charge is 0.494 e. The third-order valence-electron chi connectivity index (χ3n) is 4.42. The van der Waals surface area contributed by atoms with E-state index in [1.165, 1.54) is 19.2 Å². The van der Waals surface area contributed by atoms with Gasteiger partial charge < -0.3 is 19.9 Å². The average molecular weight is 351 g/mol. The second-order valence-corrected chi connectivity index (χ2v) is 6.48. The molecule has 0 saturated carbocycles. The molecular weight excluding hydrogens is 325 g/mol. The minimum absolute atomic E-state index is 0.109. The molecule has 1 aliphatic heterocycles. The summed E-state index contributed by atoms with van der Waals surface area (Å²) in [5.74, 6) is -0.606. The van der Waals surface area contributed by atoms with Crippen LogP contribution in [0.2, 0.25) is 0 Å². The van der Waals surface area contributed by atoms with E-state index >= 15 is 0 Å². The number of methoxy groups -OCH3 is 1. The van der Waals surface area contributed by atoms with Gasteiger partial charge >= 0.3 is 0 Å². The molecular formula is C18H26FN3O3. The summed E-state index contributed by atoms with van der Waals surface area (Å²) in [4.78, 5) is 28.1. The van der Waals surface area contributed by atoms with Gasteiger partial charge in [0.25, 0.3) is 5.91 Å². The van der Waals surface area contributed by atoms with Crippen LogP contribution in [0.1, 0.15) is 29.6 Å². The maximum absolute atomic E-state index is 13.7. The van der Waals surface area contributed by atoms with E-state index in [4.69, 9.17) is 4.74 Å². The smallest absolute Gasteiger partial charge is 0.251 e. The number of carbonyl (C=O) groups is 2. The topological polar surface area (TPSA) is 61.9 Å². The van der Waals surface area contributed by atoms with E-state index in [9.17, 15) is 14.0 Å². The highest BCUT2D eigenvalue weighted by molar-refractivity contribution is 5.94. The number of likely N-dealkylation sites (tertiary alicyclic amines) is 1. The minimum Gasteiger partial charge on any atom is -0.494 e. The lowest BCUT2D eigenvalue weighted by Crippen LogP contribution is -2.40. The lowest BCUT2D eigenvalue weighted by atomic mass is 10.1. The number of likely N-dealkylation sites (N-methyl/N-ethyl adjacent to an activating group) is 1. The molecule has 6 nitrogen and oxygen atoms in total. The van der Waals surface area contributed by atoms with Gasteiger partial charge in [-0.2, -0.15) is 0 Å². The molecule has 2 amide bonds. The van der Waals surface area contributed by atoms with Crippen molar-refractivity contribution in [3.8, 4) is 5.75 Å². The first-order chi connectivity index (χ1) is 11.9. The minimum atomic E-state index is -0.564. The number of carbonyl (C=O) groups excluding carboxylic acids is 2. The molecule has 1 saturated heterocycles. The van der Waals surface area contributed by atoms with Crippen LogP contribution in [0.15, 0.2) is 18.2 Å². The summed E-state index contributed by atoms with van der Waals surface area (Å²) in [6, 6.07) is 4.28. The van der Waals surface area contributed by atoms with E-state index in [1.807, 2.05) is 23.9 Å². The van der Waals surface area contributed by atoms with Gasteiger partial charge in [0.15, 0.2) is 11.6 Å². The van der Waals surface area contributed by atoms with E-state index in [0.29, 0.717) is 25.9 Å². The Labute approximate surface area is 147 Å². The second kappa shape index (κ2) is 8.80. The summed E-state index contributed by atoms with van der Waals surface area (Å²) in [5.41, 5.74) is 0.255. The molecule has 1 N–H and O–H groups in total. The van der Waals surface area contributed by atoms with Gasteiger partial charge in [0.05, 0.1) is 7.11 Å². The van der Waals surface area contributed by atoms with Crippen molar-refractivity contribution in [2.75, 3.05) is 40.8 Å². The monoisotopic (exact) mass is 351 g/mol. The van der Waals surface area contributed by atoms with Crippen LogP contribution in [0, 0.1) is 5.82 Å². The van der Waals surface area contributed by atoms with Gasteiger partial charge in [-0.1, -0.05) is 0 Å². The highest BCUT2D eigenvalue weighted by Crippen LogP contribution is 2.21. The summed E-state index contributed by atoms with van der Waals surface area (Å²) in [7, 11) is 5.33. The molecule has 138 valence electrons. The Morgan fingerprint density at radius 3 is 2.84 bits per heavy atom. The van der Waals surface area contributed by atoms with Crippen molar-refractivity contribution < 1.29 is 18.7 Å². The highest BCUT2D eigenvalue weighted by Gasteiger charge is 2.30. The van der Waals surface area contributed by atoms with Gasteiger partial charge in [0.2, 0.25) is 5.91 Å². The Hall–Kier alpha value is -2.15. The molecule has 1 fully saturated rings. The van der Waals surface area contributed by atoms with Crippen LogP contribution in [-0.2, 0) is 4.79 Å². The average Bonchev–Trinajstić information content (AvgIpc) is 2.92. The van der Waals surface area contributed by atoms with Crippen molar-refractivity contribution in [2.24, 2.45) is 0 Å². The molecule has 2 rings (SSSR count). The quantitative estimate of drug-likeness (QED) is 0.771. The van der Waals surface area contributed by atoms with Crippen molar-refractivity contribution in [1.29, 1.82) is 0 Å². The first kappa shape index (κ1) is 19.2. The number of benzene rings is 1. The Morgan fingerprint density at radius 2 is 2.20 bits per heavy atom. The standard InChI is InChI=1S/C18H26FN3O3/c1-21(2)10-11-22-14(5-7-17(22)23)8-9-20-18(24)13-4-6-16(25-3)15(19)12-13/h4,6,12,14H,5,7-11H2,1-3H3,(H,20,24)/t14-/m1/s1. The predicted molar refractivity (Wildman–Crippen MR) is 93.2 cm³/mol. The van der Waals surface area contributed by atoms with Crippen LogP contribution < -0.4 is 10.1 Å². The molecule has 0 radical (unpaired) electrons. The molecule has 1 aliphatic rings. The summed E-state index contributed by atoms with van der Waals surface area (Å²) in [5, 5.41) is 2.80. The van der Waals surface area contributed by atoms with E-state index in [-0.39, 0.29) is 29.2 Å². The van der Waals surface area contributed by atoms with Crippen LogP contribution >= 0.6 is 0 Å². The number of hydrogen-bond donors (Lipinski definition) is 1. The SMILES string of the molecule is COc1ccc(C(=O)NCC[C@H]2CCC(=O)N2CCN(C)C)cc1F. The number of nitrogens with zero attached hydrogens (tertiary/aromatic N) is 2. The number of amides is 2. The molecule has 0 aliphatic carbocycles. The summed E-state index contributed by atoms with van der Waals surface area (Å²) in [6.07, 6.45) is 2.08. The molecule has 7 heteroatoms. The summed E-state index contributed by atoms with van der Waals surface area (Å²) in [6.45, 7) is 1.97. The van der Waals surface area contributed by atoms with Gasteiger partial charge in [-0.15, -0.1) is 0 Å². The van der Waals surface area contributed by atoms with E-state index < -0.39 is 5.82 Å². The van der Waals surface area contributed by atoms with Gasteiger partial charge in [-0.3, -0.25) is 9.59 Å². The summed E-state index contributed by atoms with van der Waals surface area (Å²) < 4.78 is 18.5. The molecule has 0 bridgehead atoms. The fraction of sp³-hybridized carbons (Fsp3) is 0.556. The lowest BCUT2D eigenvalue weighted by molar-refractivity contribution is -0.129. The zero-order valence-corrected chi connectivity index (χ0v) is 15.0. The third-order valence-corrected chi connectivity index (χ3v) is 4.42. The van der Waals surface area contributed by atoms with Crippen molar-refractivity contribution in [3.63, 3.8) is 0 Å². The number of halogens is 1. The third kappa shape index (κ3) is 5.16. The number of ether oxygens (including phenoxy) is 1. The molecule has 0 unspecified atom stereocenters. The Morgan fingerprint density at radius 1 is 1.44 bits per heavy atom. The van der Waals surface area contributed by atoms with Gasteiger partial charge in [0, 0.05) is 37.7 Å². The zero-order valence-electron chi connectivity index (χ0n) is 15.0. The number of nitrogens with one attached hydrogen (secondary N) is 1. The molecule has 1 aromatic carbocycles. The Bertz CT molecular complexity index is 622. The van der Waals surface area contributed by atoms with Crippen LogP contribution in [-0.4, -0.2) is 68.5 Å². The van der Waals surface area contributed by atoms with Crippen molar-refractivity contribution in [2.45, 2.75) is 25.3 Å². The molecule has 25 heavy (non-hydrogen) atoms. The Kier molecular flexibility index (Phi) is 6.75. The van der Waals surface area contributed by atoms with E-state index in [1.54, 1.807) is 0 Å². The first-order valence-electron chi connectivity index (χ1n) is 8.48. The fourth-order valence-electron chi connectivity index (χ4n) is 2.97. The summed E-state index contributed by atoms with van der Waals surface area (Å²) >= 11 is 0. The maximum Gasteiger partial charge on any atom is 0.251 e. The molecule has 1 heterocycles. The first-order valence-corrected chi connectivity index (χ1v) is 8.48. The van der Waals surface area contributed by atoms with Gasteiger partial charge in [-0.25, -0.2) is 4.39 Å². The van der Waals surface area contributed by atoms with Gasteiger partial charge in [-0.05, 0) is 45.1 Å². The molecule has 1 atom stereocenters. The van der Waals surface area contributed by atoms with Crippen LogP contribution in [0.25, 0.3) is 0 Å². The molecule has 0 spiro atoms. The van der Waals surface area contributed by atoms with Crippen molar-refractivity contribution in [1.82, 2.24) is 15.1 Å². The maximum atomic E-state index is 13.7. The Balaban J connectivity index is 1.83. The van der Waals surface area contributed by atoms with Crippen LogP contribution in [0.5, 0.6) is 5.75 Å². The van der Waals surface area contributed by atoms with Gasteiger partial charge in [0.1, 0.15) is 0 Å². The van der Waals surface area contributed by atoms with E-state index in [0.717, 1.165) is 19.0 Å². The number of hydrogen-bond acceptors (Lipinski definition) is 4. The lowest BCUT2D eigenvalue weighted by Gasteiger charge is -2.26. The molecule has 1 aromatic rings. The van der Waals surface area contributed by atoms with Crippen molar-refractivity contribution in [3.05, 3.63) is 29.6 Å². The normalized spacial score (nSPS) is 17.2. The number of rotatable bonds is 8. The van der Waals surface area contributed by atoms with Crippen LogP contribution in [0.3, 0.4) is 0 Å². The fourth-order valence-corrected chi connectivity index (χ4v) is 2.97. The predicted octanol–water partition coefficient (Wildman–Crippen LogP) is 1.51. The second-order valence-electron chi connectivity index (χ2n) is 6.48. The molecule has 0 aromatic heterocycles.